The van der Waals surface area contributed by atoms with Crippen molar-refractivity contribution in [3.63, 3.8) is 0 Å². The summed E-state index contributed by atoms with van der Waals surface area (Å²) in [5.74, 6) is -2.62. The van der Waals surface area contributed by atoms with E-state index in [0.717, 1.165) is 23.9 Å². The van der Waals surface area contributed by atoms with Crippen molar-refractivity contribution >= 4 is 23.6 Å². The number of nitrogens with zero attached hydrogens (tertiary/aromatic N) is 1. The third-order valence-electron chi connectivity index (χ3n) is 2.54. The van der Waals surface area contributed by atoms with Crippen LogP contribution in [0.5, 0.6) is 0 Å². The molecule has 20 heavy (non-hydrogen) atoms. The number of benzene rings is 1. The first-order chi connectivity index (χ1) is 9.47. The highest BCUT2D eigenvalue weighted by Crippen LogP contribution is 2.20. The number of carbonyl (C=O) groups excluding carboxylic acids is 2. The molecule has 0 aromatic heterocycles. The van der Waals surface area contributed by atoms with Crippen LogP contribution >= 0.6 is 11.8 Å². The summed E-state index contributed by atoms with van der Waals surface area (Å²) in [5, 5.41) is 0. The van der Waals surface area contributed by atoms with Gasteiger partial charge < -0.3 is 9.64 Å². The summed E-state index contributed by atoms with van der Waals surface area (Å²) >= 11 is 1.08. The van der Waals surface area contributed by atoms with Crippen LogP contribution < -0.4 is 0 Å². The number of carbonyl (C=O) groups is 2. The van der Waals surface area contributed by atoms with Crippen molar-refractivity contribution in [1.82, 2.24) is 4.90 Å². The van der Waals surface area contributed by atoms with Crippen molar-refractivity contribution in [2.75, 3.05) is 26.0 Å². The van der Waals surface area contributed by atoms with Crippen molar-refractivity contribution in [1.29, 1.82) is 0 Å². The minimum atomic E-state index is -0.954. The second-order valence-corrected chi connectivity index (χ2v) is 4.90. The molecule has 0 bridgehead atoms. The van der Waals surface area contributed by atoms with E-state index in [-0.39, 0.29) is 18.2 Å². The molecule has 1 rings (SSSR count). The number of thioether (sulfide) groups is 1. The Morgan fingerprint density at radius 1 is 1.30 bits per heavy atom. The van der Waals surface area contributed by atoms with Crippen molar-refractivity contribution in [2.24, 2.45) is 0 Å². The minimum absolute atomic E-state index is 0.0376. The van der Waals surface area contributed by atoms with Crippen molar-refractivity contribution in [3.05, 3.63) is 29.8 Å². The zero-order valence-corrected chi connectivity index (χ0v) is 12.0. The van der Waals surface area contributed by atoms with E-state index in [9.17, 15) is 18.4 Å². The Kier molecular flexibility index (Phi) is 6.44. The number of halogens is 2. The number of rotatable bonds is 6. The predicted molar refractivity (Wildman–Crippen MR) is 71.4 cm³/mol. The Morgan fingerprint density at radius 2 is 2.00 bits per heavy atom. The van der Waals surface area contributed by atoms with Gasteiger partial charge in [-0.25, -0.2) is 8.78 Å². The van der Waals surface area contributed by atoms with E-state index in [1.54, 1.807) is 6.92 Å². The fraction of sp³-hybridized carbons (Fsp3) is 0.385. The molecule has 1 amide bonds. The van der Waals surface area contributed by atoms with Gasteiger partial charge in [-0.1, -0.05) is 0 Å². The number of esters is 1. The lowest BCUT2D eigenvalue weighted by Crippen LogP contribution is -2.37. The van der Waals surface area contributed by atoms with Gasteiger partial charge in [0.15, 0.2) is 11.6 Å². The maximum Gasteiger partial charge on any atom is 0.325 e. The third kappa shape index (κ3) is 4.80. The van der Waals surface area contributed by atoms with Crippen LogP contribution in [0.3, 0.4) is 0 Å². The first-order valence-corrected chi connectivity index (χ1v) is 6.89. The second kappa shape index (κ2) is 7.84. The van der Waals surface area contributed by atoms with E-state index in [0.29, 0.717) is 11.4 Å². The number of amides is 1. The quantitative estimate of drug-likeness (QED) is 0.596. The lowest BCUT2D eigenvalue weighted by molar-refractivity contribution is -0.146. The summed E-state index contributed by atoms with van der Waals surface area (Å²) < 4.78 is 30.2. The molecule has 0 radical (unpaired) electrons. The second-order valence-electron chi connectivity index (χ2n) is 3.85. The highest BCUT2D eigenvalue weighted by Gasteiger charge is 2.16. The minimum Gasteiger partial charge on any atom is -0.468 e. The van der Waals surface area contributed by atoms with Crippen molar-refractivity contribution in [3.8, 4) is 0 Å². The summed E-state index contributed by atoms with van der Waals surface area (Å²) in [6.45, 7) is 1.99. The average molecular weight is 303 g/mol. The van der Waals surface area contributed by atoms with Crippen LogP contribution in [0.2, 0.25) is 0 Å². The first kappa shape index (κ1) is 16.4. The molecule has 1 aromatic carbocycles. The molecule has 0 spiro atoms. The van der Waals surface area contributed by atoms with E-state index in [4.69, 9.17) is 0 Å². The molecule has 0 saturated carbocycles. The molecule has 7 heteroatoms. The maximum atomic E-state index is 13.0. The molecule has 4 nitrogen and oxygen atoms in total. The van der Waals surface area contributed by atoms with Crippen molar-refractivity contribution in [2.45, 2.75) is 11.8 Å². The van der Waals surface area contributed by atoms with E-state index in [2.05, 4.69) is 4.74 Å². The highest BCUT2D eigenvalue weighted by molar-refractivity contribution is 8.00. The van der Waals surface area contributed by atoms with Gasteiger partial charge in [-0.2, -0.15) is 0 Å². The summed E-state index contributed by atoms with van der Waals surface area (Å²) in [4.78, 5) is 24.8. The number of hydrogen-bond donors (Lipinski definition) is 0. The van der Waals surface area contributed by atoms with Crippen LogP contribution in [0.4, 0.5) is 8.78 Å². The van der Waals surface area contributed by atoms with Crippen LogP contribution in [-0.2, 0) is 14.3 Å². The summed E-state index contributed by atoms with van der Waals surface area (Å²) in [7, 11) is 1.25. The molecule has 0 aliphatic carbocycles. The molecule has 1 aromatic rings. The highest BCUT2D eigenvalue weighted by atomic mass is 32.2. The molecule has 0 unspecified atom stereocenters. The Bertz CT molecular complexity index is 497. The smallest absolute Gasteiger partial charge is 0.325 e. The topological polar surface area (TPSA) is 46.6 Å². The lowest BCUT2D eigenvalue weighted by atomic mass is 10.3. The van der Waals surface area contributed by atoms with Gasteiger partial charge in [0.1, 0.15) is 6.54 Å². The molecule has 0 aliphatic heterocycles. The number of methoxy groups -OCH3 is 1. The Hall–Kier alpha value is -1.63. The standard InChI is InChI=1S/C13H15F2NO3S/c1-3-16(7-13(18)19-2)12(17)8-20-9-4-5-10(14)11(15)6-9/h4-6H,3,7-8H2,1-2H3. The van der Waals surface area contributed by atoms with Gasteiger partial charge in [-0.05, 0) is 25.1 Å². The Morgan fingerprint density at radius 3 is 2.55 bits per heavy atom. The van der Waals surface area contributed by atoms with Gasteiger partial charge in [0, 0.05) is 11.4 Å². The summed E-state index contributed by atoms with van der Waals surface area (Å²) in [5.41, 5.74) is 0. The summed E-state index contributed by atoms with van der Waals surface area (Å²) in [6, 6.07) is 3.44. The SMILES string of the molecule is CCN(CC(=O)OC)C(=O)CSc1ccc(F)c(F)c1. The van der Waals surface area contributed by atoms with E-state index in [1.165, 1.54) is 18.1 Å². The zero-order chi connectivity index (χ0) is 15.1. The van der Waals surface area contributed by atoms with Crippen LogP contribution in [-0.4, -0.2) is 42.7 Å². The predicted octanol–water partition coefficient (Wildman–Crippen LogP) is 2.08. The average Bonchev–Trinajstić information content (AvgIpc) is 2.45. The lowest BCUT2D eigenvalue weighted by Gasteiger charge is -2.19. The van der Waals surface area contributed by atoms with E-state index >= 15 is 0 Å². The van der Waals surface area contributed by atoms with Gasteiger partial charge in [-0.15, -0.1) is 11.8 Å². The van der Waals surface area contributed by atoms with E-state index < -0.39 is 17.6 Å². The fourth-order valence-corrected chi connectivity index (χ4v) is 2.22. The Balaban J connectivity index is 2.56. The summed E-state index contributed by atoms with van der Waals surface area (Å²) in [6.07, 6.45) is 0. The van der Waals surface area contributed by atoms with Crippen LogP contribution in [0.15, 0.2) is 23.1 Å². The molecule has 0 fully saturated rings. The molecule has 0 aliphatic rings. The van der Waals surface area contributed by atoms with Crippen LogP contribution in [0.25, 0.3) is 0 Å². The monoisotopic (exact) mass is 303 g/mol. The number of hydrogen-bond acceptors (Lipinski definition) is 4. The Labute approximate surface area is 120 Å². The van der Waals surface area contributed by atoms with Gasteiger partial charge in [0.25, 0.3) is 0 Å². The molecule has 0 atom stereocenters. The molecular formula is C13H15F2NO3S. The van der Waals surface area contributed by atoms with Gasteiger partial charge in [0.05, 0.1) is 12.9 Å². The normalized spacial score (nSPS) is 10.2. The molecule has 0 heterocycles. The fourth-order valence-electron chi connectivity index (χ4n) is 1.40. The molecule has 0 N–H and O–H groups in total. The van der Waals surface area contributed by atoms with E-state index in [1.807, 2.05) is 0 Å². The zero-order valence-electron chi connectivity index (χ0n) is 11.2. The molecular weight excluding hydrogens is 288 g/mol. The molecule has 110 valence electrons. The number of likely N-dealkylation sites (N-methyl/N-ethyl adjacent to an activating group) is 1. The third-order valence-corrected chi connectivity index (χ3v) is 3.51. The van der Waals surface area contributed by atoms with Crippen LogP contribution in [0.1, 0.15) is 6.92 Å². The van der Waals surface area contributed by atoms with Crippen LogP contribution in [0, 0.1) is 11.6 Å². The van der Waals surface area contributed by atoms with Crippen molar-refractivity contribution < 1.29 is 23.1 Å². The van der Waals surface area contributed by atoms with Gasteiger partial charge in [-0.3, -0.25) is 9.59 Å². The first-order valence-electron chi connectivity index (χ1n) is 5.90. The maximum absolute atomic E-state index is 13.0. The largest absolute Gasteiger partial charge is 0.468 e. The van der Waals surface area contributed by atoms with Gasteiger partial charge in [0.2, 0.25) is 5.91 Å². The number of ether oxygens (including phenoxy) is 1. The molecule has 0 saturated heterocycles. The van der Waals surface area contributed by atoms with Gasteiger partial charge >= 0.3 is 5.97 Å².